The first-order valence-electron chi connectivity index (χ1n) is 8.97. The summed E-state index contributed by atoms with van der Waals surface area (Å²) in [5, 5.41) is 12.3. The number of rotatable bonds is 3. The summed E-state index contributed by atoms with van der Waals surface area (Å²) in [5.74, 6) is 0.298. The van der Waals surface area contributed by atoms with Crippen LogP contribution in [0.2, 0.25) is 5.02 Å². The molecule has 1 aliphatic carbocycles. The molecule has 128 valence electrons. The van der Waals surface area contributed by atoms with Crippen LogP contribution in [-0.4, -0.2) is 54.7 Å². The quantitative estimate of drug-likeness (QED) is 0.857. The summed E-state index contributed by atoms with van der Waals surface area (Å²) < 4.78 is 0. The summed E-state index contributed by atoms with van der Waals surface area (Å²) in [7, 11) is 2.19. The number of hydrogen-bond acceptors (Lipinski definition) is 3. The third kappa shape index (κ3) is 4.08. The van der Waals surface area contributed by atoms with Gasteiger partial charge in [-0.1, -0.05) is 43.0 Å². The van der Waals surface area contributed by atoms with E-state index in [1.807, 2.05) is 24.3 Å². The zero-order chi connectivity index (χ0) is 16.3. The molecule has 4 heteroatoms. The van der Waals surface area contributed by atoms with Crippen molar-refractivity contribution in [3.8, 4) is 0 Å². The molecule has 1 saturated heterocycles. The first-order chi connectivity index (χ1) is 11.1. The van der Waals surface area contributed by atoms with Crippen LogP contribution in [0.25, 0.3) is 0 Å². The number of aliphatic hydroxyl groups is 1. The Hall–Kier alpha value is -0.610. The molecule has 1 aromatic rings. The van der Waals surface area contributed by atoms with Gasteiger partial charge in [-0.3, -0.25) is 0 Å². The number of likely N-dealkylation sites (N-methyl/N-ethyl adjacent to an activating group) is 1. The fraction of sp³-hybridized carbons (Fsp3) is 0.684. The highest BCUT2D eigenvalue weighted by Gasteiger charge is 2.40. The third-order valence-electron chi connectivity index (χ3n) is 5.68. The van der Waals surface area contributed by atoms with Gasteiger partial charge in [-0.05, 0) is 37.6 Å². The molecule has 2 unspecified atom stereocenters. The Kier molecular flexibility index (Phi) is 5.63. The molecule has 1 aromatic carbocycles. The molecule has 0 radical (unpaired) electrons. The topological polar surface area (TPSA) is 26.7 Å². The van der Waals surface area contributed by atoms with Crippen LogP contribution in [0.15, 0.2) is 24.3 Å². The second-order valence-corrected chi connectivity index (χ2v) is 7.77. The molecular weight excluding hydrogens is 308 g/mol. The van der Waals surface area contributed by atoms with Crippen LogP contribution in [0.3, 0.4) is 0 Å². The zero-order valence-corrected chi connectivity index (χ0v) is 14.9. The van der Waals surface area contributed by atoms with Crippen molar-refractivity contribution < 1.29 is 5.11 Å². The Labute approximate surface area is 145 Å². The van der Waals surface area contributed by atoms with Crippen LogP contribution in [0.1, 0.15) is 37.7 Å². The number of nitrogens with zero attached hydrogens (tertiary/aromatic N) is 2. The van der Waals surface area contributed by atoms with Gasteiger partial charge < -0.3 is 14.9 Å². The molecule has 2 fully saturated rings. The fourth-order valence-corrected chi connectivity index (χ4v) is 4.32. The highest BCUT2D eigenvalue weighted by Crippen LogP contribution is 2.41. The van der Waals surface area contributed by atoms with Crippen molar-refractivity contribution in [1.29, 1.82) is 0 Å². The lowest BCUT2D eigenvalue weighted by molar-refractivity contribution is -0.0465. The normalized spacial score (nSPS) is 31.0. The van der Waals surface area contributed by atoms with Crippen LogP contribution in [0.5, 0.6) is 0 Å². The molecule has 3 nitrogen and oxygen atoms in total. The monoisotopic (exact) mass is 336 g/mol. The Balaban J connectivity index is 1.79. The van der Waals surface area contributed by atoms with E-state index in [9.17, 15) is 5.11 Å². The van der Waals surface area contributed by atoms with Crippen LogP contribution in [0, 0.1) is 5.92 Å². The zero-order valence-electron chi connectivity index (χ0n) is 14.2. The lowest BCUT2D eigenvalue weighted by atomic mass is 9.77. The number of hydrogen-bond donors (Lipinski definition) is 1. The van der Waals surface area contributed by atoms with Crippen LogP contribution in [-0.2, 0) is 5.60 Å². The molecule has 2 aliphatic rings. The van der Waals surface area contributed by atoms with Gasteiger partial charge in [0.2, 0.25) is 0 Å². The Morgan fingerprint density at radius 3 is 2.70 bits per heavy atom. The minimum Gasteiger partial charge on any atom is -0.385 e. The molecule has 0 spiro atoms. The van der Waals surface area contributed by atoms with Crippen molar-refractivity contribution in [2.45, 2.75) is 37.7 Å². The standard InChI is InChI=1S/C19H29ClN2O/c1-21-10-12-22(13-11-21)15-17-6-3-2-4-9-19(17,23)16-7-5-8-18(20)14-16/h5,7-8,14,17,23H,2-4,6,9-13,15H2,1H3. The van der Waals surface area contributed by atoms with E-state index < -0.39 is 5.60 Å². The van der Waals surface area contributed by atoms with Gasteiger partial charge in [-0.25, -0.2) is 0 Å². The molecule has 2 atom stereocenters. The van der Waals surface area contributed by atoms with Crippen LogP contribution >= 0.6 is 11.6 Å². The largest absolute Gasteiger partial charge is 0.385 e. The highest BCUT2D eigenvalue weighted by atomic mass is 35.5. The van der Waals surface area contributed by atoms with E-state index in [1.54, 1.807) is 0 Å². The van der Waals surface area contributed by atoms with Gasteiger partial charge in [0.15, 0.2) is 0 Å². The summed E-state index contributed by atoms with van der Waals surface area (Å²) in [6, 6.07) is 7.87. The second-order valence-electron chi connectivity index (χ2n) is 7.33. The van der Waals surface area contributed by atoms with Crippen molar-refractivity contribution in [3.63, 3.8) is 0 Å². The molecule has 1 saturated carbocycles. The highest BCUT2D eigenvalue weighted by molar-refractivity contribution is 6.30. The van der Waals surface area contributed by atoms with Gasteiger partial charge >= 0.3 is 0 Å². The smallest absolute Gasteiger partial charge is 0.0937 e. The average molecular weight is 337 g/mol. The predicted molar refractivity (Wildman–Crippen MR) is 95.9 cm³/mol. The lowest BCUT2D eigenvalue weighted by Crippen LogP contribution is -2.49. The number of piperazine rings is 1. The second kappa shape index (κ2) is 7.52. The summed E-state index contributed by atoms with van der Waals surface area (Å²) in [6.45, 7) is 5.47. The summed E-state index contributed by atoms with van der Waals surface area (Å²) in [6.07, 6.45) is 5.51. The number of benzene rings is 1. The molecule has 23 heavy (non-hydrogen) atoms. The molecule has 0 bridgehead atoms. The molecule has 1 aliphatic heterocycles. The molecule has 1 heterocycles. The molecule has 1 N–H and O–H groups in total. The predicted octanol–water partition coefficient (Wildman–Crippen LogP) is 3.36. The van der Waals surface area contributed by atoms with Gasteiger partial charge in [-0.15, -0.1) is 0 Å². The van der Waals surface area contributed by atoms with E-state index in [0.717, 1.165) is 62.6 Å². The van der Waals surface area contributed by atoms with E-state index in [0.29, 0.717) is 5.92 Å². The fourth-order valence-electron chi connectivity index (χ4n) is 4.13. The van der Waals surface area contributed by atoms with Crippen molar-refractivity contribution in [2.75, 3.05) is 39.8 Å². The maximum atomic E-state index is 11.6. The van der Waals surface area contributed by atoms with Crippen molar-refractivity contribution >= 4 is 11.6 Å². The summed E-state index contributed by atoms with van der Waals surface area (Å²) in [4.78, 5) is 4.91. The Bertz CT molecular complexity index is 516. The maximum absolute atomic E-state index is 11.6. The molecular formula is C19H29ClN2O. The SMILES string of the molecule is CN1CCN(CC2CCCCCC2(O)c2cccc(Cl)c2)CC1. The molecule has 3 rings (SSSR count). The van der Waals surface area contributed by atoms with Crippen LogP contribution < -0.4 is 0 Å². The summed E-state index contributed by atoms with van der Waals surface area (Å²) in [5.41, 5.74) is 0.274. The van der Waals surface area contributed by atoms with Gasteiger partial charge in [0.1, 0.15) is 0 Å². The van der Waals surface area contributed by atoms with Crippen LogP contribution in [0.4, 0.5) is 0 Å². The van der Waals surface area contributed by atoms with Crippen molar-refractivity contribution in [3.05, 3.63) is 34.9 Å². The van der Waals surface area contributed by atoms with E-state index in [2.05, 4.69) is 16.8 Å². The minimum absolute atomic E-state index is 0.298. The lowest BCUT2D eigenvalue weighted by Gasteiger charge is -2.41. The first kappa shape index (κ1) is 17.2. The van der Waals surface area contributed by atoms with Gasteiger partial charge in [0.05, 0.1) is 5.60 Å². The molecule has 0 amide bonds. The van der Waals surface area contributed by atoms with E-state index in [1.165, 1.54) is 12.8 Å². The third-order valence-corrected chi connectivity index (χ3v) is 5.92. The minimum atomic E-state index is -0.731. The Morgan fingerprint density at radius 2 is 1.96 bits per heavy atom. The van der Waals surface area contributed by atoms with E-state index in [4.69, 9.17) is 11.6 Å². The van der Waals surface area contributed by atoms with Gasteiger partial charge in [0.25, 0.3) is 0 Å². The Morgan fingerprint density at radius 1 is 1.17 bits per heavy atom. The number of halogens is 1. The summed E-state index contributed by atoms with van der Waals surface area (Å²) >= 11 is 6.20. The van der Waals surface area contributed by atoms with Gasteiger partial charge in [-0.2, -0.15) is 0 Å². The van der Waals surface area contributed by atoms with Gasteiger partial charge in [0, 0.05) is 43.7 Å². The first-order valence-corrected chi connectivity index (χ1v) is 9.35. The maximum Gasteiger partial charge on any atom is 0.0937 e. The van der Waals surface area contributed by atoms with Crippen molar-refractivity contribution in [2.24, 2.45) is 5.92 Å². The molecule has 0 aromatic heterocycles. The van der Waals surface area contributed by atoms with E-state index in [-0.39, 0.29) is 0 Å². The van der Waals surface area contributed by atoms with Crippen molar-refractivity contribution in [1.82, 2.24) is 9.80 Å². The average Bonchev–Trinajstić information content (AvgIpc) is 2.73. The van der Waals surface area contributed by atoms with E-state index >= 15 is 0 Å².